The monoisotopic (exact) mass is 286 g/mol. The lowest BCUT2D eigenvalue weighted by atomic mass is 9.48. The van der Waals surface area contributed by atoms with Gasteiger partial charge in [-0.3, -0.25) is 0 Å². The first-order chi connectivity index (χ1) is 9.99. The lowest BCUT2D eigenvalue weighted by molar-refractivity contribution is -0.0664. The van der Waals surface area contributed by atoms with Crippen molar-refractivity contribution in [2.45, 2.75) is 76.9 Å². The molecule has 4 fully saturated rings. The molecule has 110 valence electrons. The van der Waals surface area contributed by atoms with E-state index in [2.05, 4.69) is 4.72 Å². The smallest absolute Gasteiger partial charge is 0.0972 e. The molecule has 0 aromatic rings. The highest BCUT2D eigenvalue weighted by Crippen LogP contribution is 2.61. The third-order valence-corrected chi connectivity index (χ3v) is 7.04. The first-order valence-electron chi connectivity index (χ1n) is 9.18. The minimum Gasteiger partial charge on any atom is -0.242 e. The maximum absolute atomic E-state index is 12.6. The van der Waals surface area contributed by atoms with Crippen LogP contribution in [0.4, 0.5) is 0 Å². The molecule has 0 aliphatic heterocycles. The maximum Gasteiger partial charge on any atom is 0.0972 e. The molecule has 0 heterocycles. The Balaban J connectivity index is 1.88. The molecule has 2 atom stereocenters. The Hall–Kier alpha value is 0.110. The molecule has 0 spiro atoms. The highest BCUT2D eigenvalue weighted by Gasteiger charge is 2.53. The van der Waals surface area contributed by atoms with Crippen LogP contribution in [0.2, 0.25) is 0 Å². The Morgan fingerprint density at radius 3 is 2.00 bits per heavy atom. The van der Waals surface area contributed by atoms with Crippen molar-refractivity contribution in [2.24, 2.45) is 23.2 Å². The number of rotatable bonds is 3. The molecule has 0 radical (unpaired) electrons. The number of hydrogen-bond donors (Lipinski definition) is 1. The van der Waals surface area contributed by atoms with Crippen LogP contribution >= 0.6 is 0 Å². The molecule has 3 heteroatoms. The molecule has 4 rings (SSSR count). The summed E-state index contributed by atoms with van der Waals surface area (Å²) in [5, 5.41) is 0. The Morgan fingerprint density at radius 2 is 1.63 bits per heavy atom. The van der Waals surface area contributed by atoms with Gasteiger partial charge in [-0.25, -0.2) is 8.93 Å². The quantitative estimate of drug-likeness (QED) is 0.843. The SMILES string of the molecule is [2H]C([2H])([2H])[C@@H](NS(=O)C(C)(C)C)C12CC3CC(CC(C3)C1)C2. The first kappa shape index (κ1) is 10.8. The fourth-order valence-corrected chi connectivity index (χ4v) is 5.76. The standard InChI is InChI=1S/C16H29NOS/c1-11(17-19(18)15(2,3)4)16-8-12-5-13(9-16)7-14(6-12)10-16/h11-14,17H,5-10H2,1-4H3/t11-,12?,13?,14?,16?,19?/m1/s1/i1D3. The van der Waals surface area contributed by atoms with Crippen molar-refractivity contribution in [3.05, 3.63) is 0 Å². The van der Waals surface area contributed by atoms with E-state index in [-0.39, 0.29) is 5.41 Å². The lowest BCUT2D eigenvalue weighted by Gasteiger charge is -2.59. The molecule has 4 aliphatic rings. The molecular weight excluding hydrogens is 254 g/mol. The van der Waals surface area contributed by atoms with Gasteiger partial charge >= 0.3 is 0 Å². The zero-order valence-corrected chi connectivity index (χ0v) is 13.2. The van der Waals surface area contributed by atoms with Crippen molar-refractivity contribution >= 4 is 11.0 Å². The van der Waals surface area contributed by atoms with E-state index in [9.17, 15) is 4.21 Å². The third-order valence-electron chi connectivity index (χ3n) is 5.48. The summed E-state index contributed by atoms with van der Waals surface area (Å²) >= 11 is 0. The molecule has 0 aromatic carbocycles. The first-order valence-corrected chi connectivity index (χ1v) is 8.83. The van der Waals surface area contributed by atoms with Crippen molar-refractivity contribution in [1.82, 2.24) is 4.72 Å². The van der Waals surface area contributed by atoms with E-state index >= 15 is 0 Å². The van der Waals surface area contributed by atoms with E-state index < -0.39 is 28.6 Å². The molecular formula is C16H29NOS. The molecule has 4 aliphatic carbocycles. The van der Waals surface area contributed by atoms with Gasteiger partial charge in [0.15, 0.2) is 0 Å². The van der Waals surface area contributed by atoms with Gasteiger partial charge in [0.05, 0.1) is 15.7 Å². The normalized spacial score (nSPS) is 47.3. The van der Waals surface area contributed by atoms with Gasteiger partial charge in [0.2, 0.25) is 0 Å². The number of hydrogen-bond acceptors (Lipinski definition) is 1. The Bertz CT molecular complexity index is 434. The Kier molecular flexibility index (Phi) is 2.59. The van der Waals surface area contributed by atoms with Gasteiger partial charge in [-0.15, -0.1) is 0 Å². The third kappa shape index (κ3) is 2.53. The van der Waals surface area contributed by atoms with E-state index in [0.717, 1.165) is 19.3 Å². The highest BCUT2D eigenvalue weighted by atomic mass is 32.2. The predicted octanol–water partition coefficient (Wildman–Crippen LogP) is 3.64. The zero-order valence-electron chi connectivity index (χ0n) is 15.4. The van der Waals surface area contributed by atoms with Crippen LogP contribution in [0, 0.1) is 23.2 Å². The van der Waals surface area contributed by atoms with Crippen LogP contribution in [-0.2, 0) is 11.0 Å². The van der Waals surface area contributed by atoms with Crippen LogP contribution in [0.1, 0.15) is 70.3 Å². The second-order valence-corrected chi connectivity index (χ2v) is 10.2. The van der Waals surface area contributed by atoms with Gasteiger partial charge in [0.1, 0.15) is 0 Å². The average Bonchev–Trinajstić information content (AvgIpc) is 2.30. The van der Waals surface area contributed by atoms with Crippen LogP contribution in [0.15, 0.2) is 0 Å². The fraction of sp³-hybridized carbons (Fsp3) is 1.00. The second-order valence-electron chi connectivity index (χ2n) is 8.21. The Morgan fingerprint density at radius 1 is 1.16 bits per heavy atom. The van der Waals surface area contributed by atoms with E-state index in [1.54, 1.807) is 0 Å². The van der Waals surface area contributed by atoms with Crippen LogP contribution in [0.5, 0.6) is 0 Å². The molecule has 0 amide bonds. The van der Waals surface area contributed by atoms with Crippen molar-refractivity contribution in [1.29, 1.82) is 0 Å². The van der Waals surface area contributed by atoms with Gasteiger partial charge in [0, 0.05) is 10.2 Å². The van der Waals surface area contributed by atoms with Crippen LogP contribution < -0.4 is 4.72 Å². The van der Waals surface area contributed by atoms with Crippen LogP contribution in [0.25, 0.3) is 0 Å². The zero-order chi connectivity index (χ0) is 16.3. The summed E-state index contributed by atoms with van der Waals surface area (Å²) in [7, 11) is -1.34. The minimum absolute atomic E-state index is 0.166. The average molecular weight is 286 g/mol. The largest absolute Gasteiger partial charge is 0.242 e. The van der Waals surface area contributed by atoms with Gasteiger partial charge in [-0.2, -0.15) is 0 Å². The van der Waals surface area contributed by atoms with E-state index in [1.165, 1.54) is 19.3 Å². The summed E-state index contributed by atoms with van der Waals surface area (Å²) in [5.41, 5.74) is -0.166. The lowest BCUT2D eigenvalue weighted by Crippen LogP contribution is -2.56. The van der Waals surface area contributed by atoms with Crippen LogP contribution in [0.3, 0.4) is 0 Å². The minimum atomic E-state index is -2.09. The van der Waals surface area contributed by atoms with Crippen molar-refractivity contribution in [2.75, 3.05) is 0 Å². The highest BCUT2D eigenvalue weighted by molar-refractivity contribution is 7.84. The molecule has 4 saturated carbocycles. The summed E-state index contributed by atoms with van der Waals surface area (Å²) in [6, 6.07) is -0.631. The molecule has 1 N–H and O–H groups in total. The second kappa shape index (κ2) is 4.56. The summed E-state index contributed by atoms with van der Waals surface area (Å²) < 4.78 is 39.4. The van der Waals surface area contributed by atoms with E-state index in [0.29, 0.717) is 17.8 Å². The van der Waals surface area contributed by atoms with Gasteiger partial charge < -0.3 is 0 Å². The molecule has 0 saturated heterocycles. The summed E-state index contributed by atoms with van der Waals surface area (Å²) in [6.45, 7) is 3.59. The number of nitrogens with one attached hydrogen (secondary N) is 1. The van der Waals surface area contributed by atoms with Crippen molar-refractivity contribution in [3.8, 4) is 0 Å². The van der Waals surface area contributed by atoms with Crippen molar-refractivity contribution < 1.29 is 8.32 Å². The van der Waals surface area contributed by atoms with E-state index in [4.69, 9.17) is 4.11 Å². The maximum atomic E-state index is 12.6. The molecule has 2 nitrogen and oxygen atoms in total. The van der Waals surface area contributed by atoms with Gasteiger partial charge in [0.25, 0.3) is 0 Å². The molecule has 19 heavy (non-hydrogen) atoms. The fourth-order valence-electron chi connectivity index (χ4n) is 4.94. The molecule has 4 bridgehead atoms. The topological polar surface area (TPSA) is 29.1 Å². The Labute approximate surface area is 124 Å². The summed E-state index contributed by atoms with van der Waals surface area (Å²) in [4.78, 5) is 0. The van der Waals surface area contributed by atoms with Gasteiger partial charge in [-0.1, -0.05) is 0 Å². The van der Waals surface area contributed by atoms with Crippen LogP contribution in [-0.4, -0.2) is 15.0 Å². The van der Waals surface area contributed by atoms with Crippen molar-refractivity contribution in [3.63, 3.8) is 0 Å². The summed E-state index contributed by atoms with van der Waals surface area (Å²) in [6.07, 6.45) is 6.89. The van der Waals surface area contributed by atoms with Gasteiger partial charge in [-0.05, 0) is 89.3 Å². The molecule has 1 unspecified atom stereocenters. The summed E-state index contributed by atoms with van der Waals surface area (Å²) in [5.74, 6) is 2.09. The predicted molar refractivity (Wildman–Crippen MR) is 81.1 cm³/mol. The van der Waals surface area contributed by atoms with E-state index in [1.807, 2.05) is 20.8 Å². The molecule has 0 aromatic heterocycles.